The lowest BCUT2D eigenvalue weighted by atomic mass is 10.0. The van der Waals surface area contributed by atoms with Gasteiger partial charge in [-0.3, -0.25) is 4.98 Å². The van der Waals surface area contributed by atoms with Crippen molar-refractivity contribution < 1.29 is 9.13 Å². The van der Waals surface area contributed by atoms with Crippen LogP contribution in [0.1, 0.15) is 24.1 Å². The Morgan fingerprint density at radius 3 is 2.75 bits per heavy atom. The number of fused-ring (bicyclic) bond motifs is 1. The highest BCUT2D eigenvalue weighted by Gasteiger charge is 2.43. The lowest BCUT2D eigenvalue weighted by molar-refractivity contribution is 0.415. The second kappa shape index (κ2) is 5.87. The summed E-state index contributed by atoms with van der Waals surface area (Å²) in [6.45, 7) is 0.665. The Labute approximate surface area is 140 Å². The maximum atomic E-state index is 13.5. The lowest BCUT2D eigenvalue weighted by Gasteiger charge is -2.18. The minimum atomic E-state index is -0.182. The number of halogens is 1. The maximum absolute atomic E-state index is 13.5. The zero-order chi connectivity index (χ0) is 16.6. The molecule has 0 amide bonds. The molecule has 1 aliphatic carbocycles. The zero-order valence-corrected chi connectivity index (χ0v) is 13.6. The monoisotopic (exact) mass is 322 g/mol. The second-order valence-electron chi connectivity index (χ2n) is 6.31. The fourth-order valence-electron chi connectivity index (χ4n) is 3.11. The predicted molar refractivity (Wildman–Crippen MR) is 92.4 cm³/mol. The molecule has 0 radical (unpaired) electrons. The van der Waals surface area contributed by atoms with Crippen LogP contribution in [0.3, 0.4) is 0 Å². The van der Waals surface area contributed by atoms with Crippen molar-refractivity contribution in [3.8, 4) is 5.75 Å². The summed E-state index contributed by atoms with van der Waals surface area (Å²) in [7, 11) is 1.66. The molecular formula is C20H19FN2O. The van der Waals surface area contributed by atoms with Gasteiger partial charge in [0.2, 0.25) is 0 Å². The van der Waals surface area contributed by atoms with Crippen molar-refractivity contribution in [1.29, 1.82) is 0 Å². The van der Waals surface area contributed by atoms with Gasteiger partial charge < -0.3 is 10.1 Å². The fourth-order valence-corrected chi connectivity index (χ4v) is 3.11. The van der Waals surface area contributed by atoms with Crippen LogP contribution in [0.25, 0.3) is 10.9 Å². The van der Waals surface area contributed by atoms with Gasteiger partial charge in [-0.25, -0.2) is 4.39 Å². The van der Waals surface area contributed by atoms with Gasteiger partial charge in [-0.15, -0.1) is 0 Å². The molecular weight excluding hydrogens is 303 g/mol. The van der Waals surface area contributed by atoms with Gasteiger partial charge in [0.1, 0.15) is 11.6 Å². The molecule has 0 unspecified atom stereocenters. The Hall–Kier alpha value is -2.46. The molecule has 3 aromatic rings. The molecule has 1 saturated carbocycles. The van der Waals surface area contributed by atoms with Crippen molar-refractivity contribution in [3.63, 3.8) is 0 Å². The van der Waals surface area contributed by atoms with E-state index in [9.17, 15) is 4.39 Å². The van der Waals surface area contributed by atoms with E-state index in [2.05, 4.69) is 11.4 Å². The first-order valence-corrected chi connectivity index (χ1v) is 8.13. The van der Waals surface area contributed by atoms with Gasteiger partial charge >= 0.3 is 0 Å². The van der Waals surface area contributed by atoms with Gasteiger partial charge in [-0.2, -0.15) is 0 Å². The van der Waals surface area contributed by atoms with E-state index < -0.39 is 0 Å². The quantitative estimate of drug-likeness (QED) is 0.766. The molecule has 1 heterocycles. The molecule has 1 N–H and O–H groups in total. The summed E-state index contributed by atoms with van der Waals surface area (Å²) in [6.07, 6.45) is 2.06. The third-order valence-corrected chi connectivity index (χ3v) is 4.69. The maximum Gasteiger partial charge on any atom is 0.123 e. The third-order valence-electron chi connectivity index (χ3n) is 4.69. The molecule has 0 aliphatic heterocycles. The Kier molecular flexibility index (Phi) is 3.69. The molecule has 1 aromatic heterocycles. The van der Waals surface area contributed by atoms with Crippen LogP contribution in [0.4, 0.5) is 4.39 Å². The van der Waals surface area contributed by atoms with Crippen LogP contribution >= 0.6 is 0 Å². The molecule has 1 fully saturated rings. The van der Waals surface area contributed by atoms with E-state index in [1.54, 1.807) is 19.2 Å². The number of benzene rings is 2. The normalized spacial score (nSPS) is 15.4. The topological polar surface area (TPSA) is 34.1 Å². The number of methoxy groups -OCH3 is 1. The van der Waals surface area contributed by atoms with Crippen LogP contribution in [0.15, 0.2) is 54.6 Å². The first-order chi connectivity index (χ1) is 11.7. The molecule has 0 atom stereocenters. The van der Waals surface area contributed by atoms with E-state index in [4.69, 9.17) is 9.72 Å². The molecule has 1 aliphatic rings. The van der Waals surface area contributed by atoms with Crippen LogP contribution in [0.5, 0.6) is 5.75 Å². The SMILES string of the molecule is COc1ccc2nc(CNC3(c4cccc(F)c4)CC3)ccc2c1. The van der Waals surface area contributed by atoms with Crippen molar-refractivity contribution in [2.45, 2.75) is 24.9 Å². The average molecular weight is 322 g/mol. The van der Waals surface area contributed by atoms with Crippen molar-refractivity contribution in [3.05, 3.63) is 71.7 Å². The molecule has 4 heteroatoms. The summed E-state index contributed by atoms with van der Waals surface area (Å²) in [5.41, 5.74) is 2.85. The highest BCUT2D eigenvalue weighted by Crippen LogP contribution is 2.45. The van der Waals surface area contributed by atoms with Gasteiger partial charge in [-0.1, -0.05) is 18.2 Å². The first-order valence-electron chi connectivity index (χ1n) is 8.13. The Bertz CT molecular complexity index is 890. The van der Waals surface area contributed by atoms with Crippen LogP contribution in [-0.4, -0.2) is 12.1 Å². The van der Waals surface area contributed by atoms with Gasteiger partial charge in [0.25, 0.3) is 0 Å². The van der Waals surface area contributed by atoms with E-state index in [0.717, 1.165) is 40.8 Å². The van der Waals surface area contributed by atoms with Crippen molar-refractivity contribution in [2.75, 3.05) is 7.11 Å². The lowest BCUT2D eigenvalue weighted by Crippen LogP contribution is -2.28. The van der Waals surface area contributed by atoms with E-state index in [1.807, 2.05) is 30.3 Å². The summed E-state index contributed by atoms with van der Waals surface area (Å²) in [4.78, 5) is 4.70. The molecule has 0 saturated heterocycles. The van der Waals surface area contributed by atoms with Gasteiger partial charge in [0.15, 0.2) is 0 Å². The van der Waals surface area contributed by atoms with Crippen molar-refractivity contribution >= 4 is 10.9 Å². The summed E-state index contributed by atoms with van der Waals surface area (Å²) < 4.78 is 18.7. The number of pyridine rings is 1. The highest BCUT2D eigenvalue weighted by molar-refractivity contribution is 5.80. The number of aromatic nitrogens is 1. The molecule has 0 bridgehead atoms. The molecule has 24 heavy (non-hydrogen) atoms. The van der Waals surface area contributed by atoms with E-state index in [1.165, 1.54) is 6.07 Å². The summed E-state index contributed by atoms with van der Waals surface area (Å²) in [5, 5.41) is 4.62. The number of nitrogens with zero attached hydrogens (tertiary/aromatic N) is 1. The number of hydrogen-bond donors (Lipinski definition) is 1. The number of hydrogen-bond acceptors (Lipinski definition) is 3. The number of nitrogens with one attached hydrogen (secondary N) is 1. The molecule has 122 valence electrons. The molecule has 3 nitrogen and oxygen atoms in total. The minimum absolute atomic E-state index is 0.0986. The second-order valence-corrected chi connectivity index (χ2v) is 6.31. The number of rotatable bonds is 5. The standard InChI is InChI=1S/C20H19FN2O/c1-24-18-7-8-19-14(11-18)5-6-17(23-19)13-22-20(9-10-20)15-3-2-4-16(21)12-15/h2-8,11-12,22H,9-10,13H2,1H3. The molecule has 0 spiro atoms. The van der Waals surface area contributed by atoms with Crippen molar-refractivity contribution in [2.24, 2.45) is 0 Å². The fraction of sp³-hybridized carbons (Fsp3) is 0.250. The summed E-state index contributed by atoms with van der Waals surface area (Å²) in [6, 6.07) is 16.8. The third kappa shape index (κ3) is 2.85. The van der Waals surface area contributed by atoms with E-state index in [0.29, 0.717) is 6.54 Å². The average Bonchev–Trinajstić information content (AvgIpc) is 3.40. The highest BCUT2D eigenvalue weighted by atomic mass is 19.1. The Balaban J connectivity index is 1.52. The summed E-state index contributed by atoms with van der Waals surface area (Å²) in [5.74, 6) is 0.650. The van der Waals surface area contributed by atoms with Gasteiger partial charge in [0.05, 0.1) is 18.3 Å². The zero-order valence-electron chi connectivity index (χ0n) is 13.6. The minimum Gasteiger partial charge on any atom is -0.497 e. The van der Waals surface area contributed by atoms with Crippen molar-refractivity contribution in [1.82, 2.24) is 10.3 Å². The van der Waals surface area contributed by atoms with Crippen LogP contribution in [-0.2, 0) is 12.1 Å². The number of ether oxygens (including phenoxy) is 1. The molecule has 2 aromatic carbocycles. The van der Waals surface area contributed by atoms with E-state index in [-0.39, 0.29) is 11.4 Å². The molecule has 4 rings (SSSR count). The largest absolute Gasteiger partial charge is 0.497 e. The first kappa shape index (κ1) is 15.1. The van der Waals surface area contributed by atoms with Crippen LogP contribution in [0.2, 0.25) is 0 Å². The predicted octanol–water partition coefficient (Wildman–Crippen LogP) is 4.16. The van der Waals surface area contributed by atoms with Gasteiger partial charge in [0, 0.05) is 17.5 Å². The van der Waals surface area contributed by atoms with E-state index >= 15 is 0 Å². The Morgan fingerprint density at radius 2 is 2.00 bits per heavy atom. The summed E-state index contributed by atoms with van der Waals surface area (Å²) >= 11 is 0. The van der Waals surface area contributed by atoms with Gasteiger partial charge in [-0.05, 0) is 54.8 Å². The van der Waals surface area contributed by atoms with Crippen LogP contribution in [0, 0.1) is 5.82 Å². The Morgan fingerprint density at radius 1 is 1.12 bits per heavy atom. The smallest absolute Gasteiger partial charge is 0.123 e. The van der Waals surface area contributed by atoms with Crippen LogP contribution < -0.4 is 10.1 Å².